The third-order valence-electron chi connectivity index (χ3n) is 3.25. The third-order valence-corrected chi connectivity index (χ3v) is 3.25. The molecule has 0 rings (SSSR count). The molecular weight excluding hydrogens is 248 g/mol. The van der Waals surface area contributed by atoms with Gasteiger partial charge in [-0.2, -0.15) is 0 Å². The Hall–Kier alpha value is -1.05. The van der Waals surface area contributed by atoms with E-state index in [1.54, 1.807) is 0 Å². The zero-order chi connectivity index (χ0) is 14.9. The molecule has 0 saturated heterocycles. The summed E-state index contributed by atoms with van der Waals surface area (Å²) in [6.45, 7) is 4.64. The Morgan fingerprint density at radius 2 is 1.35 bits per heavy atom. The van der Waals surface area contributed by atoms with E-state index in [-0.39, 0.29) is 5.97 Å². The van der Waals surface area contributed by atoms with Gasteiger partial charge in [0, 0.05) is 6.42 Å². The van der Waals surface area contributed by atoms with Crippen molar-refractivity contribution in [3.05, 3.63) is 24.3 Å². The fraction of sp³-hybridized carbons (Fsp3) is 0.722. The van der Waals surface area contributed by atoms with E-state index in [4.69, 9.17) is 4.74 Å². The second-order valence-electron chi connectivity index (χ2n) is 5.16. The largest absolute Gasteiger partial charge is 0.466 e. The van der Waals surface area contributed by atoms with Gasteiger partial charge in [-0.1, -0.05) is 50.0 Å². The molecule has 2 heteroatoms. The molecule has 0 aromatic carbocycles. The first-order chi connectivity index (χ1) is 9.81. The van der Waals surface area contributed by atoms with Crippen molar-refractivity contribution in [1.29, 1.82) is 0 Å². The molecule has 0 spiro atoms. The van der Waals surface area contributed by atoms with Crippen LogP contribution in [0.4, 0.5) is 0 Å². The average Bonchev–Trinajstić information content (AvgIpc) is 2.45. The Balaban J connectivity index is 3.19. The molecule has 0 aromatic heterocycles. The fourth-order valence-corrected chi connectivity index (χ4v) is 2.03. The first-order valence-corrected chi connectivity index (χ1v) is 8.19. The van der Waals surface area contributed by atoms with Crippen LogP contribution in [0.1, 0.15) is 78.1 Å². The molecule has 116 valence electrons. The van der Waals surface area contributed by atoms with E-state index >= 15 is 0 Å². The Morgan fingerprint density at radius 3 is 2.00 bits per heavy atom. The predicted molar refractivity (Wildman–Crippen MR) is 86.8 cm³/mol. The van der Waals surface area contributed by atoms with E-state index in [1.165, 1.54) is 32.1 Å². The van der Waals surface area contributed by atoms with Crippen LogP contribution < -0.4 is 0 Å². The smallest absolute Gasteiger partial charge is 0.305 e. The zero-order valence-corrected chi connectivity index (χ0v) is 13.4. The molecule has 0 unspecified atom stereocenters. The standard InChI is InChI=1S/C18H32O2/c1-3-5-7-9-10-11-12-13-14-16-18(19)20-17-15-8-6-4-2/h3-6H,7-17H2,1-2H3/b5-3+,6-4?. The van der Waals surface area contributed by atoms with Crippen molar-refractivity contribution >= 4 is 5.97 Å². The van der Waals surface area contributed by atoms with Crippen molar-refractivity contribution < 1.29 is 9.53 Å². The summed E-state index contributed by atoms with van der Waals surface area (Å²) in [6, 6.07) is 0. The van der Waals surface area contributed by atoms with Gasteiger partial charge in [-0.3, -0.25) is 4.79 Å². The molecule has 0 saturated carbocycles. The van der Waals surface area contributed by atoms with Gasteiger partial charge < -0.3 is 4.74 Å². The Bertz CT molecular complexity index is 267. The van der Waals surface area contributed by atoms with Gasteiger partial charge in [0.05, 0.1) is 6.61 Å². The molecule has 0 aromatic rings. The van der Waals surface area contributed by atoms with E-state index in [9.17, 15) is 4.79 Å². The lowest BCUT2D eigenvalue weighted by molar-refractivity contribution is -0.143. The van der Waals surface area contributed by atoms with Gasteiger partial charge >= 0.3 is 5.97 Å². The van der Waals surface area contributed by atoms with Gasteiger partial charge in [0.2, 0.25) is 0 Å². The van der Waals surface area contributed by atoms with Crippen molar-refractivity contribution in [1.82, 2.24) is 0 Å². The summed E-state index contributed by atoms with van der Waals surface area (Å²) in [4.78, 5) is 11.4. The first kappa shape index (κ1) is 18.9. The normalized spacial score (nSPS) is 11.5. The topological polar surface area (TPSA) is 26.3 Å². The van der Waals surface area contributed by atoms with E-state index in [0.29, 0.717) is 13.0 Å². The Kier molecular flexibility index (Phi) is 15.2. The highest BCUT2D eigenvalue weighted by atomic mass is 16.5. The van der Waals surface area contributed by atoms with Crippen LogP contribution in [0.25, 0.3) is 0 Å². The SMILES string of the molecule is CC=CCCCOC(=O)CCCCCCCC/C=C/C. The Morgan fingerprint density at radius 1 is 0.800 bits per heavy atom. The second-order valence-corrected chi connectivity index (χ2v) is 5.16. The second kappa shape index (κ2) is 16.0. The maximum atomic E-state index is 11.4. The van der Waals surface area contributed by atoms with Crippen LogP contribution in [0, 0.1) is 0 Å². The lowest BCUT2D eigenvalue weighted by atomic mass is 10.1. The van der Waals surface area contributed by atoms with E-state index in [2.05, 4.69) is 25.2 Å². The predicted octanol–water partition coefficient (Wildman–Crippen LogP) is 5.58. The molecule has 0 atom stereocenters. The minimum absolute atomic E-state index is 0.0291. The van der Waals surface area contributed by atoms with Crippen LogP contribution in [0.3, 0.4) is 0 Å². The fourth-order valence-electron chi connectivity index (χ4n) is 2.03. The summed E-state index contributed by atoms with van der Waals surface area (Å²) in [5.74, 6) is -0.0291. The maximum Gasteiger partial charge on any atom is 0.305 e. The summed E-state index contributed by atoms with van der Waals surface area (Å²) >= 11 is 0. The molecule has 0 aliphatic rings. The van der Waals surface area contributed by atoms with Crippen LogP contribution in [-0.4, -0.2) is 12.6 Å². The van der Waals surface area contributed by atoms with Crippen LogP contribution >= 0.6 is 0 Å². The van der Waals surface area contributed by atoms with E-state index in [1.807, 2.05) is 13.0 Å². The van der Waals surface area contributed by atoms with Crippen molar-refractivity contribution in [2.24, 2.45) is 0 Å². The maximum absolute atomic E-state index is 11.4. The molecule has 0 aliphatic heterocycles. The molecule has 0 N–H and O–H groups in total. The van der Waals surface area contributed by atoms with Gasteiger partial charge in [-0.05, 0) is 46.0 Å². The quantitative estimate of drug-likeness (QED) is 0.250. The lowest BCUT2D eigenvalue weighted by Crippen LogP contribution is -2.05. The summed E-state index contributed by atoms with van der Waals surface area (Å²) in [5.41, 5.74) is 0. The molecule has 0 amide bonds. The summed E-state index contributed by atoms with van der Waals surface area (Å²) in [5, 5.41) is 0. The number of rotatable bonds is 13. The van der Waals surface area contributed by atoms with Gasteiger partial charge in [0.15, 0.2) is 0 Å². The van der Waals surface area contributed by atoms with Gasteiger partial charge in [-0.25, -0.2) is 0 Å². The third kappa shape index (κ3) is 15.0. The molecule has 0 radical (unpaired) electrons. The number of ether oxygens (including phenoxy) is 1. The molecule has 20 heavy (non-hydrogen) atoms. The van der Waals surface area contributed by atoms with Crippen LogP contribution in [0.15, 0.2) is 24.3 Å². The highest BCUT2D eigenvalue weighted by molar-refractivity contribution is 5.69. The lowest BCUT2D eigenvalue weighted by Gasteiger charge is -2.04. The number of unbranched alkanes of at least 4 members (excludes halogenated alkanes) is 7. The molecule has 2 nitrogen and oxygen atoms in total. The monoisotopic (exact) mass is 280 g/mol. The van der Waals surface area contributed by atoms with Crippen LogP contribution in [0.2, 0.25) is 0 Å². The number of esters is 1. The molecule has 0 heterocycles. The summed E-state index contributed by atoms with van der Waals surface area (Å²) in [7, 11) is 0. The number of allylic oxidation sites excluding steroid dienone is 4. The number of carbonyl (C=O) groups excluding carboxylic acids is 1. The minimum atomic E-state index is -0.0291. The summed E-state index contributed by atoms with van der Waals surface area (Å²) < 4.78 is 5.18. The van der Waals surface area contributed by atoms with Crippen molar-refractivity contribution in [2.45, 2.75) is 78.1 Å². The van der Waals surface area contributed by atoms with E-state index in [0.717, 1.165) is 25.7 Å². The Labute approximate surface area is 125 Å². The van der Waals surface area contributed by atoms with Crippen molar-refractivity contribution in [3.63, 3.8) is 0 Å². The van der Waals surface area contributed by atoms with Gasteiger partial charge in [0.1, 0.15) is 0 Å². The van der Waals surface area contributed by atoms with Crippen molar-refractivity contribution in [2.75, 3.05) is 6.61 Å². The number of hydrogen-bond donors (Lipinski definition) is 0. The van der Waals surface area contributed by atoms with Crippen LogP contribution in [0.5, 0.6) is 0 Å². The van der Waals surface area contributed by atoms with Crippen LogP contribution in [-0.2, 0) is 9.53 Å². The minimum Gasteiger partial charge on any atom is -0.466 e. The summed E-state index contributed by atoms with van der Waals surface area (Å²) in [6.07, 6.45) is 19.4. The highest BCUT2D eigenvalue weighted by Gasteiger charge is 2.01. The molecular formula is C18H32O2. The first-order valence-electron chi connectivity index (χ1n) is 8.19. The number of carbonyl (C=O) groups is 1. The van der Waals surface area contributed by atoms with Gasteiger partial charge in [-0.15, -0.1) is 0 Å². The molecule has 0 aliphatic carbocycles. The van der Waals surface area contributed by atoms with E-state index < -0.39 is 0 Å². The van der Waals surface area contributed by atoms with Gasteiger partial charge in [0.25, 0.3) is 0 Å². The average molecular weight is 280 g/mol. The molecule has 0 fully saturated rings. The van der Waals surface area contributed by atoms with Crippen molar-refractivity contribution in [3.8, 4) is 0 Å². The zero-order valence-electron chi connectivity index (χ0n) is 13.4. The highest BCUT2D eigenvalue weighted by Crippen LogP contribution is 2.09. The molecule has 0 bridgehead atoms. The number of hydrogen-bond acceptors (Lipinski definition) is 2.